The summed E-state index contributed by atoms with van der Waals surface area (Å²) in [6.45, 7) is 9.83. The molecule has 5 nitrogen and oxygen atoms in total. The van der Waals surface area contributed by atoms with Crippen LogP contribution in [0.2, 0.25) is 0 Å². The summed E-state index contributed by atoms with van der Waals surface area (Å²) in [5, 5.41) is 0. The quantitative estimate of drug-likeness (QED) is 0.0913. The van der Waals surface area contributed by atoms with Gasteiger partial charge < -0.3 is 9.47 Å². The molecule has 0 amide bonds. The molecule has 0 aliphatic rings. The number of hydrogen-bond donors (Lipinski definition) is 0. The van der Waals surface area contributed by atoms with Crippen molar-refractivity contribution in [1.82, 2.24) is 15.0 Å². The van der Waals surface area contributed by atoms with Crippen molar-refractivity contribution in [2.45, 2.75) is 73.1 Å². The fourth-order valence-electron chi connectivity index (χ4n) is 5.66. The molecule has 3 heterocycles. The van der Waals surface area contributed by atoms with Gasteiger partial charge in [-0.05, 0) is 111 Å². The number of rotatable bonds is 12. The first-order chi connectivity index (χ1) is 27.4. The fourth-order valence-corrected chi connectivity index (χ4v) is 5.66. The van der Waals surface area contributed by atoms with E-state index in [2.05, 4.69) is 21.9 Å². The highest BCUT2D eigenvalue weighted by atomic mass is 19.2. The summed E-state index contributed by atoms with van der Waals surface area (Å²) in [6.07, 6.45) is 11.0. The average molecular weight is 788 g/mol. The second-order valence-corrected chi connectivity index (χ2v) is 13.3. The normalized spacial score (nSPS) is 10.6. The molecule has 0 unspecified atom stereocenters. The van der Waals surface area contributed by atoms with Gasteiger partial charge in [-0.2, -0.15) is 8.78 Å². The van der Waals surface area contributed by atoms with Crippen LogP contribution in [0.25, 0.3) is 33.8 Å². The molecule has 0 atom stereocenters. The van der Waals surface area contributed by atoms with Gasteiger partial charge in [0.15, 0.2) is 34.8 Å². The molecular formula is C46H47F6N3O2. The van der Waals surface area contributed by atoms with Gasteiger partial charge in [-0.1, -0.05) is 56.9 Å². The first-order valence-electron chi connectivity index (χ1n) is 18.8. The Hall–Kier alpha value is -5.71. The predicted octanol–water partition coefficient (Wildman–Crippen LogP) is 12.9. The predicted molar refractivity (Wildman–Crippen MR) is 213 cm³/mol. The number of methoxy groups -OCH3 is 1. The van der Waals surface area contributed by atoms with E-state index in [1.54, 1.807) is 68.0 Å². The summed E-state index contributed by atoms with van der Waals surface area (Å²) in [4.78, 5) is 12.3. The molecule has 57 heavy (non-hydrogen) atoms. The van der Waals surface area contributed by atoms with Gasteiger partial charge in [0.1, 0.15) is 0 Å². The van der Waals surface area contributed by atoms with E-state index in [9.17, 15) is 26.3 Å². The Bertz CT molecular complexity index is 2200. The first-order valence-corrected chi connectivity index (χ1v) is 18.8. The lowest BCUT2D eigenvalue weighted by Gasteiger charge is -2.08. The van der Waals surface area contributed by atoms with E-state index in [1.807, 2.05) is 26.8 Å². The molecule has 0 fully saturated rings. The Labute approximate surface area is 330 Å². The van der Waals surface area contributed by atoms with Crippen LogP contribution in [0, 0.1) is 55.7 Å². The van der Waals surface area contributed by atoms with E-state index < -0.39 is 34.9 Å². The Morgan fingerprint density at radius 3 is 1.30 bits per heavy atom. The van der Waals surface area contributed by atoms with Crippen LogP contribution in [0.5, 0.6) is 11.5 Å². The van der Waals surface area contributed by atoms with Crippen LogP contribution in [0.3, 0.4) is 0 Å². The van der Waals surface area contributed by atoms with Crippen LogP contribution in [0.1, 0.15) is 68.2 Å². The number of hydrogen-bond acceptors (Lipinski definition) is 5. The molecule has 0 radical (unpaired) electrons. The van der Waals surface area contributed by atoms with Crippen LogP contribution < -0.4 is 9.47 Å². The van der Waals surface area contributed by atoms with Crippen LogP contribution in [0.4, 0.5) is 26.3 Å². The summed E-state index contributed by atoms with van der Waals surface area (Å²) < 4.78 is 93.0. The maximum atomic E-state index is 14.3. The van der Waals surface area contributed by atoms with Crippen molar-refractivity contribution < 1.29 is 35.8 Å². The van der Waals surface area contributed by atoms with E-state index in [4.69, 9.17) is 9.47 Å². The van der Waals surface area contributed by atoms with Gasteiger partial charge in [0.05, 0.1) is 30.8 Å². The molecule has 300 valence electrons. The van der Waals surface area contributed by atoms with Crippen molar-refractivity contribution in [2.75, 3.05) is 13.7 Å². The molecule has 0 bridgehead atoms. The first kappa shape index (κ1) is 44.0. The van der Waals surface area contributed by atoms with Gasteiger partial charge in [0, 0.05) is 35.3 Å². The third-order valence-electron chi connectivity index (χ3n) is 8.89. The minimum absolute atomic E-state index is 0.0779. The van der Waals surface area contributed by atoms with Crippen molar-refractivity contribution in [2.24, 2.45) is 0 Å². The van der Waals surface area contributed by atoms with Gasteiger partial charge in [-0.3, -0.25) is 15.0 Å². The molecule has 6 aromatic rings. The van der Waals surface area contributed by atoms with Gasteiger partial charge >= 0.3 is 0 Å². The topological polar surface area (TPSA) is 57.1 Å². The smallest absolute Gasteiger partial charge is 0.201 e. The van der Waals surface area contributed by atoms with E-state index in [1.165, 1.54) is 44.2 Å². The number of pyridine rings is 3. The number of unbranched alkanes of at least 4 members (excludes halogenated alkanes) is 4. The van der Waals surface area contributed by atoms with Crippen molar-refractivity contribution in [3.05, 3.63) is 149 Å². The van der Waals surface area contributed by atoms with E-state index in [0.717, 1.165) is 36.0 Å². The number of aryl methyl sites for hydroxylation is 4. The van der Waals surface area contributed by atoms with Gasteiger partial charge in [0.25, 0.3) is 0 Å². The van der Waals surface area contributed by atoms with E-state index in [0.29, 0.717) is 35.7 Å². The van der Waals surface area contributed by atoms with Crippen LogP contribution >= 0.6 is 0 Å². The molecule has 0 aliphatic carbocycles. The van der Waals surface area contributed by atoms with Crippen LogP contribution in [0.15, 0.2) is 91.4 Å². The summed E-state index contributed by atoms with van der Waals surface area (Å²) in [6, 6.07) is 19.5. The third-order valence-corrected chi connectivity index (χ3v) is 8.89. The Balaban J connectivity index is 0.000000191. The molecular weight excluding hydrogens is 741 g/mol. The van der Waals surface area contributed by atoms with Crippen molar-refractivity contribution >= 4 is 0 Å². The zero-order valence-electron chi connectivity index (χ0n) is 33.0. The molecule has 11 heteroatoms. The molecule has 0 spiro atoms. The highest BCUT2D eigenvalue weighted by Gasteiger charge is 2.18. The standard InChI is InChI=1S/C19H23F2N.C14H13F2NO.C13H11F2NO/c1-3-4-5-6-7-8-15-10-11-16(19(21)18(15)20)17-12-9-14(2)13-22-17;1-3-18-12-7-5-10(13(15)14(12)16)11-6-4-9(2)8-17-11;1-8-3-5-10(16-7-8)9-4-6-11(17-2)13(15)12(9)14/h9-13H,3-8H2,1-2H3;4-8H,3H2,1-2H3;3-7H,1-2H3. The molecule has 3 aromatic heterocycles. The Kier molecular flexibility index (Phi) is 16.6. The zero-order valence-corrected chi connectivity index (χ0v) is 33.0. The van der Waals surface area contributed by atoms with E-state index in [-0.39, 0.29) is 28.2 Å². The third kappa shape index (κ3) is 11.9. The molecule has 0 saturated carbocycles. The summed E-state index contributed by atoms with van der Waals surface area (Å²) in [5.74, 6) is -5.55. The maximum Gasteiger partial charge on any atom is 0.201 e. The van der Waals surface area contributed by atoms with Crippen LogP contribution in [-0.4, -0.2) is 28.7 Å². The van der Waals surface area contributed by atoms with Crippen molar-refractivity contribution in [3.63, 3.8) is 0 Å². The van der Waals surface area contributed by atoms with Crippen LogP contribution in [-0.2, 0) is 6.42 Å². The molecule has 0 aliphatic heterocycles. The average Bonchev–Trinajstić information content (AvgIpc) is 3.21. The number of nitrogens with zero attached hydrogens (tertiary/aromatic N) is 3. The fraction of sp³-hybridized carbons (Fsp3) is 0.283. The minimum Gasteiger partial charge on any atom is -0.494 e. The SMILES string of the molecule is CCCCCCCc1ccc(-c2ccc(C)cn2)c(F)c1F.CCOc1ccc(-c2ccc(C)cn2)c(F)c1F.COc1ccc(-c2ccc(C)cn2)c(F)c1F. The second kappa shape index (κ2) is 21.6. The maximum absolute atomic E-state index is 14.3. The molecule has 3 aromatic carbocycles. The molecule has 6 rings (SSSR count). The lowest BCUT2D eigenvalue weighted by Crippen LogP contribution is -1.99. The zero-order chi connectivity index (χ0) is 41.5. The largest absolute Gasteiger partial charge is 0.494 e. The number of aromatic nitrogens is 3. The monoisotopic (exact) mass is 787 g/mol. The number of ether oxygens (including phenoxy) is 2. The Morgan fingerprint density at radius 2 is 0.877 bits per heavy atom. The number of halogens is 6. The van der Waals surface area contributed by atoms with Gasteiger partial charge in [0.2, 0.25) is 11.6 Å². The lowest BCUT2D eigenvalue weighted by atomic mass is 10.0. The van der Waals surface area contributed by atoms with Crippen molar-refractivity contribution in [1.29, 1.82) is 0 Å². The molecule has 0 N–H and O–H groups in total. The summed E-state index contributed by atoms with van der Waals surface area (Å²) in [5.41, 5.74) is 5.14. The van der Waals surface area contributed by atoms with Gasteiger partial charge in [-0.25, -0.2) is 17.6 Å². The minimum atomic E-state index is -0.993. The lowest BCUT2D eigenvalue weighted by molar-refractivity contribution is 0.314. The van der Waals surface area contributed by atoms with Crippen molar-refractivity contribution in [3.8, 4) is 45.3 Å². The highest BCUT2D eigenvalue weighted by Crippen LogP contribution is 2.30. The summed E-state index contributed by atoms with van der Waals surface area (Å²) in [7, 11) is 1.29. The summed E-state index contributed by atoms with van der Waals surface area (Å²) >= 11 is 0. The second-order valence-electron chi connectivity index (χ2n) is 13.3. The molecule has 0 saturated heterocycles. The van der Waals surface area contributed by atoms with Gasteiger partial charge in [-0.15, -0.1) is 0 Å². The number of benzene rings is 3. The Morgan fingerprint density at radius 1 is 0.456 bits per heavy atom. The van der Waals surface area contributed by atoms with E-state index >= 15 is 0 Å². The highest BCUT2D eigenvalue weighted by molar-refractivity contribution is 5.63.